The Hall–Kier alpha value is -1.16. The minimum Gasteiger partial charge on any atom is -0.392 e. The van der Waals surface area contributed by atoms with E-state index in [-0.39, 0.29) is 6.10 Å². The molecule has 0 aliphatic carbocycles. The van der Waals surface area contributed by atoms with Crippen molar-refractivity contribution in [3.63, 3.8) is 0 Å². The molecular formula is C10H17N3O. The van der Waals surface area contributed by atoms with Crippen molar-refractivity contribution in [2.75, 3.05) is 11.9 Å². The van der Waals surface area contributed by atoms with Crippen LogP contribution < -0.4 is 5.32 Å². The number of hydrogen-bond acceptors (Lipinski definition) is 4. The second-order valence-corrected chi connectivity index (χ2v) is 3.71. The molecule has 0 aliphatic heterocycles. The zero-order chi connectivity index (χ0) is 10.6. The first-order valence-electron chi connectivity index (χ1n) is 4.83. The molecule has 0 radical (unpaired) electrons. The highest BCUT2D eigenvalue weighted by Gasteiger charge is 2.03. The van der Waals surface area contributed by atoms with Gasteiger partial charge in [0.2, 0.25) is 0 Å². The largest absolute Gasteiger partial charge is 0.392 e. The van der Waals surface area contributed by atoms with Crippen LogP contribution in [0.4, 0.5) is 5.82 Å². The van der Waals surface area contributed by atoms with Gasteiger partial charge in [0.1, 0.15) is 12.1 Å². The molecule has 0 spiro atoms. The molecule has 1 rings (SSSR count). The summed E-state index contributed by atoms with van der Waals surface area (Å²) in [6.07, 6.45) is 1.17. The van der Waals surface area contributed by atoms with E-state index in [1.165, 1.54) is 0 Å². The van der Waals surface area contributed by atoms with Gasteiger partial charge in [0, 0.05) is 18.3 Å². The molecule has 4 nitrogen and oxygen atoms in total. The maximum atomic E-state index is 9.09. The minimum absolute atomic E-state index is 0.368. The summed E-state index contributed by atoms with van der Waals surface area (Å²) in [5, 5.41) is 12.1. The van der Waals surface area contributed by atoms with Crippen LogP contribution in [0.2, 0.25) is 0 Å². The number of aliphatic hydroxyl groups excluding tert-OH is 1. The lowest BCUT2D eigenvalue weighted by Gasteiger charge is -2.09. The van der Waals surface area contributed by atoms with Crippen LogP contribution in [0.25, 0.3) is 0 Å². The molecule has 0 bridgehead atoms. The fourth-order valence-corrected chi connectivity index (χ4v) is 1.04. The quantitative estimate of drug-likeness (QED) is 0.762. The highest BCUT2D eigenvalue weighted by molar-refractivity contribution is 5.35. The van der Waals surface area contributed by atoms with E-state index in [0.717, 1.165) is 11.5 Å². The molecule has 0 fully saturated rings. The lowest BCUT2D eigenvalue weighted by Crippen LogP contribution is -2.16. The van der Waals surface area contributed by atoms with Gasteiger partial charge in [0.15, 0.2) is 0 Å². The van der Waals surface area contributed by atoms with E-state index < -0.39 is 0 Å². The minimum atomic E-state index is -0.368. The SMILES string of the molecule is CC(O)CNc1cc(C(C)C)ncn1. The molecule has 0 aromatic carbocycles. The van der Waals surface area contributed by atoms with Crippen LogP contribution in [-0.4, -0.2) is 27.7 Å². The summed E-state index contributed by atoms with van der Waals surface area (Å²) in [4.78, 5) is 8.21. The van der Waals surface area contributed by atoms with Gasteiger partial charge in [-0.05, 0) is 12.8 Å². The Morgan fingerprint density at radius 1 is 1.36 bits per heavy atom. The molecule has 1 atom stereocenters. The van der Waals surface area contributed by atoms with Gasteiger partial charge in [0.05, 0.1) is 6.10 Å². The number of nitrogens with one attached hydrogen (secondary N) is 1. The third-order valence-electron chi connectivity index (χ3n) is 1.86. The number of hydrogen-bond donors (Lipinski definition) is 2. The van der Waals surface area contributed by atoms with Crippen molar-refractivity contribution < 1.29 is 5.11 Å². The molecule has 14 heavy (non-hydrogen) atoms. The lowest BCUT2D eigenvalue weighted by atomic mass is 10.1. The molecule has 0 amide bonds. The number of aliphatic hydroxyl groups is 1. The summed E-state index contributed by atoms with van der Waals surface area (Å²) in [6.45, 7) is 6.41. The Balaban J connectivity index is 2.64. The van der Waals surface area contributed by atoms with E-state index in [4.69, 9.17) is 5.11 Å². The van der Waals surface area contributed by atoms with Gasteiger partial charge in [-0.3, -0.25) is 0 Å². The molecule has 0 aliphatic rings. The standard InChI is InChI=1S/C10H17N3O/c1-7(2)9-4-10(13-6-12-9)11-5-8(3)14/h4,6-8,14H,5H2,1-3H3,(H,11,12,13). The average molecular weight is 195 g/mol. The van der Waals surface area contributed by atoms with Crippen molar-refractivity contribution >= 4 is 5.82 Å². The Kier molecular flexibility index (Phi) is 3.83. The zero-order valence-corrected chi connectivity index (χ0v) is 8.86. The molecule has 1 aromatic heterocycles. The molecule has 0 saturated carbocycles. The van der Waals surface area contributed by atoms with Crippen LogP contribution >= 0.6 is 0 Å². The van der Waals surface area contributed by atoms with E-state index in [1.807, 2.05) is 6.07 Å². The van der Waals surface area contributed by atoms with Crippen LogP contribution in [0.5, 0.6) is 0 Å². The van der Waals surface area contributed by atoms with E-state index in [1.54, 1.807) is 13.3 Å². The van der Waals surface area contributed by atoms with Crippen molar-refractivity contribution in [1.82, 2.24) is 9.97 Å². The Morgan fingerprint density at radius 2 is 2.07 bits per heavy atom. The third kappa shape index (κ3) is 3.30. The van der Waals surface area contributed by atoms with Crippen LogP contribution in [0.3, 0.4) is 0 Å². The third-order valence-corrected chi connectivity index (χ3v) is 1.86. The fourth-order valence-electron chi connectivity index (χ4n) is 1.04. The monoisotopic (exact) mass is 195 g/mol. The van der Waals surface area contributed by atoms with Gasteiger partial charge in [0.25, 0.3) is 0 Å². The Morgan fingerprint density at radius 3 is 2.64 bits per heavy atom. The first-order valence-corrected chi connectivity index (χ1v) is 4.83. The topological polar surface area (TPSA) is 58.0 Å². The van der Waals surface area contributed by atoms with E-state index >= 15 is 0 Å². The molecule has 1 unspecified atom stereocenters. The first kappa shape index (κ1) is 10.9. The van der Waals surface area contributed by atoms with Crippen molar-refractivity contribution in [3.8, 4) is 0 Å². The van der Waals surface area contributed by atoms with Crippen molar-refractivity contribution in [2.24, 2.45) is 0 Å². The smallest absolute Gasteiger partial charge is 0.129 e. The first-order chi connectivity index (χ1) is 6.59. The summed E-state index contributed by atoms with van der Waals surface area (Å²) in [7, 11) is 0. The van der Waals surface area contributed by atoms with E-state index in [0.29, 0.717) is 12.5 Å². The normalized spacial score (nSPS) is 12.9. The lowest BCUT2D eigenvalue weighted by molar-refractivity contribution is 0.208. The maximum Gasteiger partial charge on any atom is 0.129 e. The summed E-state index contributed by atoms with van der Waals surface area (Å²) < 4.78 is 0. The predicted molar refractivity (Wildman–Crippen MR) is 56.3 cm³/mol. The van der Waals surface area contributed by atoms with Gasteiger partial charge in [-0.1, -0.05) is 13.8 Å². The zero-order valence-electron chi connectivity index (χ0n) is 8.86. The number of anilines is 1. The van der Waals surface area contributed by atoms with E-state index in [2.05, 4.69) is 29.1 Å². The Labute approximate surface area is 84.4 Å². The second kappa shape index (κ2) is 4.91. The summed E-state index contributed by atoms with van der Waals surface area (Å²) in [6, 6.07) is 1.91. The van der Waals surface area contributed by atoms with Crippen LogP contribution in [0, 0.1) is 0 Å². The highest BCUT2D eigenvalue weighted by Crippen LogP contribution is 2.13. The van der Waals surface area contributed by atoms with Gasteiger partial charge in [-0.15, -0.1) is 0 Å². The van der Waals surface area contributed by atoms with Crippen molar-refractivity contribution in [1.29, 1.82) is 0 Å². The van der Waals surface area contributed by atoms with Crippen LogP contribution in [0.1, 0.15) is 32.4 Å². The van der Waals surface area contributed by atoms with Crippen LogP contribution in [0.15, 0.2) is 12.4 Å². The summed E-state index contributed by atoms with van der Waals surface area (Å²) in [5.74, 6) is 1.16. The van der Waals surface area contributed by atoms with Gasteiger partial charge < -0.3 is 10.4 Å². The molecule has 2 N–H and O–H groups in total. The maximum absolute atomic E-state index is 9.09. The molecular weight excluding hydrogens is 178 g/mol. The summed E-state index contributed by atoms with van der Waals surface area (Å²) >= 11 is 0. The van der Waals surface area contributed by atoms with Gasteiger partial charge in [-0.2, -0.15) is 0 Å². The summed E-state index contributed by atoms with van der Waals surface area (Å²) in [5.41, 5.74) is 1.01. The van der Waals surface area contributed by atoms with Crippen molar-refractivity contribution in [2.45, 2.75) is 32.8 Å². The van der Waals surface area contributed by atoms with Crippen molar-refractivity contribution in [3.05, 3.63) is 18.1 Å². The molecule has 1 aromatic rings. The highest BCUT2D eigenvalue weighted by atomic mass is 16.3. The van der Waals surface area contributed by atoms with Gasteiger partial charge >= 0.3 is 0 Å². The van der Waals surface area contributed by atoms with Gasteiger partial charge in [-0.25, -0.2) is 9.97 Å². The Bertz CT molecular complexity index is 286. The second-order valence-electron chi connectivity index (χ2n) is 3.71. The molecule has 0 saturated heterocycles. The predicted octanol–water partition coefficient (Wildman–Crippen LogP) is 1.39. The fraction of sp³-hybridized carbons (Fsp3) is 0.600. The molecule has 1 heterocycles. The van der Waals surface area contributed by atoms with Crippen LogP contribution in [-0.2, 0) is 0 Å². The average Bonchev–Trinajstić information content (AvgIpc) is 2.15. The molecule has 4 heteroatoms. The van der Waals surface area contributed by atoms with E-state index in [9.17, 15) is 0 Å². The number of aromatic nitrogens is 2. The molecule has 78 valence electrons. The number of rotatable bonds is 4. The number of nitrogens with zero attached hydrogens (tertiary/aromatic N) is 2.